The van der Waals surface area contributed by atoms with Gasteiger partial charge in [-0.2, -0.15) is 4.98 Å². The van der Waals surface area contributed by atoms with Crippen molar-refractivity contribution in [3.8, 4) is 5.75 Å². The number of methoxy groups -OCH3 is 1. The molecule has 0 bridgehead atoms. The van der Waals surface area contributed by atoms with Gasteiger partial charge in [-0.25, -0.2) is 4.98 Å². The molecule has 0 aliphatic rings. The highest BCUT2D eigenvalue weighted by atomic mass is 16.6. The molecule has 3 aromatic rings. The van der Waals surface area contributed by atoms with Crippen LogP contribution < -0.4 is 15.0 Å². The molecule has 3 rings (SSSR count). The number of nitrogens with zero attached hydrogens (tertiary/aromatic N) is 4. The molecule has 1 heterocycles. The fraction of sp³-hybridized carbons (Fsp3) is 0.227. The number of nitrogens with one attached hydrogen (secondary N) is 1. The zero-order valence-electron chi connectivity index (χ0n) is 17.7. The van der Waals surface area contributed by atoms with Crippen LogP contribution >= 0.6 is 0 Å². The van der Waals surface area contributed by atoms with Gasteiger partial charge in [0.2, 0.25) is 11.8 Å². The van der Waals surface area contributed by atoms with Crippen LogP contribution in [0.5, 0.6) is 5.75 Å². The molecule has 0 aliphatic carbocycles. The monoisotopic (exact) mass is 437 g/mol. The Labute approximate surface area is 185 Å². The number of rotatable bonds is 10. The maximum absolute atomic E-state index is 12.2. The summed E-state index contributed by atoms with van der Waals surface area (Å²) in [7, 11) is 1.55. The van der Waals surface area contributed by atoms with Gasteiger partial charge in [0, 0.05) is 18.3 Å². The van der Waals surface area contributed by atoms with Crippen molar-refractivity contribution in [3.63, 3.8) is 0 Å². The first-order valence-electron chi connectivity index (χ1n) is 9.87. The Morgan fingerprint density at radius 3 is 2.66 bits per heavy atom. The van der Waals surface area contributed by atoms with E-state index in [4.69, 9.17) is 9.47 Å². The van der Waals surface area contributed by atoms with Crippen LogP contribution in [0.4, 0.5) is 23.1 Å². The van der Waals surface area contributed by atoms with Gasteiger partial charge in [0.15, 0.2) is 0 Å². The normalized spacial score (nSPS) is 10.3. The number of benzene rings is 2. The molecule has 1 aromatic heterocycles. The number of aromatic nitrogens is 2. The topological polar surface area (TPSA) is 120 Å². The second-order valence-corrected chi connectivity index (χ2v) is 6.66. The summed E-state index contributed by atoms with van der Waals surface area (Å²) in [5, 5.41) is 14.7. The zero-order valence-corrected chi connectivity index (χ0v) is 17.7. The highest BCUT2D eigenvalue weighted by Crippen LogP contribution is 2.29. The van der Waals surface area contributed by atoms with Crippen LogP contribution in [0, 0.1) is 10.1 Å². The van der Waals surface area contributed by atoms with E-state index in [0.29, 0.717) is 11.4 Å². The van der Waals surface area contributed by atoms with E-state index in [-0.39, 0.29) is 37.1 Å². The molecule has 0 aliphatic heterocycles. The quantitative estimate of drug-likeness (QED) is 0.287. The summed E-state index contributed by atoms with van der Waals surface area (Å²) in [6.45, 7) is 1.91. The predicted molar refractivity (Wildman–Crippen MR) is 119 cm³/mol. The van der Waals surface area contributed by atoms with Crippen LogP contribution in [0.25, 0.3) is 0 Å². The Bertz CT molecular complexity index is 1080. The molecule has 32 heavy (non-hydrogen) atoms. The van der Waals surface area contributed by atoms with E-state index in [1.54, 1.807) is 38.3 Å². The Kier molecular flexibility index (Phi) is 7.52. The van der Waals surface area contributed by atoms with Crippen LogP contribution in [0.1, 0.15) is 12.5 Å². The largest absolute Gasteiger partial charge is 0.497 e. The Morgan fingerprint density at radius 2 is 1.97 bits per heavy atom. The lowest BCUT2D eigenvalue weighted by molar-refractivity contribution is -0.384. The number of hydrogen-bond donors (Lipinski definition) is 1. The molecule has 0 amide bonds. The van der Waals surface area contributed by atoms with Gasteiger partial charge in [0.05, 0.1) is 18.6 Å². The maximum atomic E-state index is 12.2. The highest BCUT2D eigenvalue weighted by Gasteiger charge is 2.25. The number of anilines is 3. The zero-order chi connectivity index (χ0) is 22.9. The highest BCUT2D eigenvalue weighted by molar-refractivity contribution is 5.77. The standard InChI is InChI=1S/C22H23N5O5/c1-3-32-20(28)15-26(14-16-8-5-4-6-9-16)21-19(27(29)30)13-23-22(25-21)24-17-10-7-11-18(12-17)31-2/h4-13H,3,14-15H2,1-2H3,(H,23,24,25). The average molecular weight is 437 g/mol. The van der Waals surface area contributed by atoms with Gasteiger partial charge in [0.25, 0.3) is 0 Å². The molecule has 0 unspecified atom stereocenters. The second kappa shape index (κ2) is 10.7. The Balaban J connectivity index is 1.98. The van der Waals surface area contributed by atoms with Crippen molar-refractivity contribution in [3.05, 3.63) is 76.5 Å². The third kappa shape index (κ3) is 5.91. The van der Waals surface area contributed by atoms with Gasteiger partial charge in [-0.1, -0.05) is 36.4 Å². The number of carbonyl (C=O) groups excluding carboxylic acids is 1. The van der Waals surface area contributed by atoms with E-state index in [1.165, 1.54) is 4.90 Å². The van der Waals surface area contributed by atoms with Crippen LogP contribution in [-0.4, -0.2) is 41.1 Å². The van der Waals surface area contributed by atoms with Crippen molar-refractivity contribution >= 4 is 29.1 Å². The number of nitro groups is 1. The number of hydrogen-bond acceptors (Lipinski definition) is 9. The van der Waals surface area contributed by atoms with Crippen molar-refractivity contribution in [2.24, 2.45) is 0 Å². The lowest BCUT2D eigenvalue weighted by Crippen LogP contribution is -2.32. The fourth-order valence-corrected chi connectivity index (χ4v) is 2.99. The molecule has 0 spiro atoms. The van der Waals surface area contributed by atoms with E-state index in [2.05, 4.69) is 15.3 Å². The smallest absolute Gasteiger partial charge is 0.329 e. The molecule has 166 valence electrons. The first-order valence-corrected chi connectivity index (χ1v) is 9.87. The minimum atomic E-state index is -0.576. The summed E-state index contributed by atoms with van der Waals surface area (Å²) in [4.78, 5) is 33.3. The van der Waals surface area contributed by atoms with Crippen LogP contribution in [0.15, 0.2) is 60.8 Å². The lowest BCUT2D eigenvalue weighted by Gasteiger charge is -2.23. The molecule has 1 N–H and O–H groups in total. The van der Waals surface area contributed by atoms with Gasteiger partial charge < -0.3 is 19.7 Å². The summed E-state index contributed by atoms with van der Waals surface area (Å²) >= 11 is 0. The fourth-order valence-electron chi connectivity index (χ4n) is 2.99. The number of carbonyl (C=O) groups is 1. The molecule has 0 saturated carbocycles. The van der Waals surface area contributed by atoms with E-state index in [1.807, 2.05) is 30.3 Å². The second-order valence-electron chi connectivity index (χ2n) is 6.66. The van der Waals surface area contributed by atoms with E-state index < -0.39 is 10.9 Å². The van der Waals surface area contributed by atoms with Crippen LogP contribution in [-0.2, 0) is 16.1 Å². The predicted octanol–water partition coefficient (Wildman–Crippen LogP) is 3.71. The van der Waals surface area contributed by atoms with E-state index in [9.17, 15) is 14.9 Å². The summed E-state index contributed by atoms with van der Waals surface area (Å²) < 4.78 is 10.3. The van der Waals surface area contributed by atoms with Crippen molar-refractivity contribution in [2.75, 3.05) is 30.5 Å². The van der Waals surface area contributed by atoms with Crippen molar-refractivity contribution < 1.29 is 19.2 Å². The van der Waals surface area contributed by atoms with Gasteiger partial charge in [-0.05, 0) is 24.6 Å². The molecule has 10 nitrogen and oxygen atoms in total. The first kappa shape index (κ1) is 22.5. The summed E-state index contributed by atoms with van der Waals surface area (Å²) in [5.41, 5.74) is 1.18. The minimum Gasteiger partial charge on any atom is -0.497 e. The summed E-state index contributed by atoms with van der Waals surface area (Å²) in [6, 6.07) is 16.4. The molecule has 0 atom stereocenters. The van der Waals surface area contributed by atoms with Gasteiger partial charge >= 0.3 is 11.7 Å². The number of ether oxygens (including phenoxy) is 2. The van der Waals surface area contributed by atoms with Crippen molar-refractivity contribution in [2.45, 2.75) is 13.5 Å². The van der Waals surface area contributed by atoms with Gasteiger partial charge in [0.1, 0.15) is 18.5 Å². The average Bonchev–Trinajstić information content (AvgIpc) is 2.79. The molecular formula is C22H23N5O5. The van der Waals surface area contributed by atoms with Gasteiger partial charge in [-0.3, -0.25) is 14.9 Å². The molecular weight excluding hydrogens is 414 g/mol. The summed E-state index contributed by atoms with van der Waals surface area (Å²) in [6.07, 6.45) is 1.12. The number of esters is 1. The minimum absolute atomic E-state index is 0.00676. The first-order chi connectivity index (χ1) is 15.5. The van der Waals surface area contributed by atoms with Crippen molar-refractivity contribution in [1.82, 2.24) is 9.97 Å². The summed E-state index contributed by atoms with van der Waals surface area (Å²) in [5.74, 6) is 0.261. The maximum Gasteiger partial charge on any atom is 0.329 e. The Morgan fingerprint density at radius 1 is 1.19 bits per heavy atom. The van der Waals surface area contributed by atoms with E-state index >= 15 is 0 Å². The molecule has 2 aromatic carbocycles. The van der Waals surface area contributed by atoms with Crippen LogP contribution in [0.3, 0.4) is 0 Å². The van der Waals surface area contributed by atoms with Crippen molar-refractivity contribution in [1.29, 1.82) is 0 Å². The van der Waals surface area contributed by atoms with Crippen LogP contribution in [0.2, 0.25) is 0 Å². The Hall–Kier alpha value is -4.21. The SMILES string of the molecule is CCOC(=O)CN(Cc1ccccc1)c1nc(Nc2cccc(OC)c2)ncc1[N+](=O)[O-]. The van der Waals surface area contributed by atoms with E-state index in [0.717, 1.165) is 11.8 Å². The molecule has 0 radical (unpaired) electrons. The molecule has 10 heteroatoms. The molecule has 0 fully saturated rings. The van der Waals surface area contributed by atoms with Gasteiger partial charge in [-0.15, -0.1) is 0 Å². The lowest BCUT2D eigenvalue weighted by atomic mass is 10.2. The third-order valence-electron chi connectivity index (χ3n) is 4.41. The third-order valence-corrected chi connectivity index (χ3v) is 4.41. The molecule has 0 saturated heterocycles.